The Balaban J connectivity index is 2.01. The molecule has 23 heavy (non-hydrogen) atoms. The SMILES string of the molecule is CCC(=O)C(CCCCNCCCN1C(=O)C=CC1=O)N[CH2][Rh]. The van der Waals surface area contributed by atoms with Gasteiger partial charge in [-0.1, -0.05) is 0 Å². The van der Waals surface area contributed by atoms with Gasteiger partial charge in [0.25, 0.3) is 11.8 Å². The first-order valence-electron chi connectivity index (χ1n) is 8.13. The Labute approximate surface area is 148 Å². The third-order valence-corrected chi connectivity index (χ3v) is 4.12. The maximum absolute atomic E-state index is 11.7. The first-order valence-corrected chi connectivity index (χ1v) is 9.29. The van der Waals surface area contributed by atoms with E-state index < -0.39 is 0 Å². The third-order valence-electron chi connectivity index (χ3n) is 3.78. The van der Waals surface area contributed by atoms with Crippen molar-refractivity contribution in [3.63, 3.8) is 0 Å². The molecule has 1 aliphatic heterocycles. The number of unbranched alkanes of at least 4 members (excludes halogenated alkanes) is 1. The molecule has 1 atom stereocenters. The molecular formula is C16H26N3O3Rh. The van der Waals surface area contributed by atoms with Crippen LogP contribution in [-0.2, 0) is 32.7 Å². The molecule has 1 aliphatic rings. The minimum atomic E-state index is -0.220. The third kappa shape index (κ3) is 7.47. The summed E-state index contributed by atoms with van der Waals surface area (Å²) < 4.78 is 0. The number of hydrogen-bond acceptors (Lipinski definition) is 5. The van der Waals surface area contributed by atoms with Crippen LogP contribution in [-0.4, -0.2) is 53.3 Å². The van der Waals surface area contributed by atoms with E-state index in [1.807, 2.05) is 6.92 Å². The quantitative estimate of drug-likeness (QED) is 0.262. The van der Waals surface area contributed by atoms with E-state index in [-0.39, 0.29) is 23.6 Å². The van der Waals surface area contributed by atoms with Crippen molar-refractivity contribution < 1.29 is 32.7 Å². The van der Waals surface area contributed by atoms with Crippen molar-refractivity contribution in [3.8, 4) is 0 Å². The molecule has 0 aromatic heterocycles. The summed E-state index contributed by atoms with van der Waals surface area (Å²) in [4.78, 5) is 35.7. The molecule has 0 aliphatic carbocycles. The summed E-state index contributed by atoms with van der Waals surface area (Å²) in [5, 5.41) is 7.20. The molecule has 0 bridgehead atoms. The molecule has 0 aromatic carbocycles. The summed E-state index contributed by atoms with van der Waals surface area (Å²) in [6.45, 7) is 4.01. The molecule has 2 N–H and O–H groups in total. The molecule has 0 spiro atoms. The molecule has 7 heteroatoms. The van der Waals surface area contributed by atoms with Crippen LogP contribution >= 0.6 is 0 Å². The zero-order chi connectivity index (χ0) is 17.1. The van der Waals surface area contributed by atoms with Gasteiger partial charge in [-0.05, 0) is 0 Å². The van der Waals surface area contributed by atoms with Gasteiger partial charge in [0.15, 0.2) is 0 Å². The van der Waals surface area contributed by atoms with Crippen LogP contribution in [0.1, 0.15) is 39.0 Å². The summed E-state index contributed by atoms with van der Waals surface area (Å²) in [5.41, 5.74) is 0. The summed E-state index contributed by atoms with van der Waals surface area (Å²) in [5.74, 6) is -0.172. The molecule has 0 aromatic rings. The molecule has 1 rings (SSSR count). The molecule has 132 valence electrons. The van der Waals surface area contributed by atoms with E-state index in [0.29, 0.717) is 18.1 Å². The van der Waals surface area contributed by atoms with Gasteiger partial charge in [-0.25, -0.2) is 0 Å². The van der Waals surface area contributed by atoms with Crippen molar-refractivity contribution >= 4 is 17.6 Å². The Morgan fingerprint density at radius 3 is 2.43 bits per heavy atom. The van der Waals surface area contributed by atoms with Crippen LogP contribution in [0.15, 0.2) is 12.2 Å². The Bertz CT molecular complexity index is 422. The number of Topliss-reactive ketones (excluding diaryl/α,β-unsaturated/α-hetero) is 1. The zero-order valence-corrected chi connectivity index (χ0v) is 15.2. The molecule has 0 saturated carbocycles. The van der Waals surface area contributed by atoms with Crippen molar-refractivity contribution in [2.45, 2.75) is 45.1 Å². The molecule has 1 heterocycles. The van der Waals surface area contributed by atoms with Crippen LogP contribution in [0.5, 0.6) is 0 Å². The second-order valence-corrected chi connectivity index (χ2v) is 6.03. The molecule has 2 amide bonds. The van der Waals surface area contributed by atoms with E-state index in [1.165, 1.54) is 17.1 Å². The number of carbonyl (C=O) groups is 3. The van der Waals surface area contributed by atoms with Crippen LogP contribution < -0.4 is 10.6 Å². The van der Waals surface area contributed by atoms with Crippen LogP contribution in [0.4, 0.5) is 0 Å². The minimum absolute atomic E-state index is 0.0370. The fraction of sp³-hybridized carbons (Fsp3) is 0.688. The predicted octanol–water partition coefficient (Wildman–Crippen LogP) is 0.503. The maximum atomic E-state index is 11.7. The van der Waals surface area contributed by atoms with Gasteiger partial charge < -0.3 is 0 Å². The Morgan fingerprint density at radius 1 is 1.17 bits per heavy atom. The molecular weight excluding hydrogens is 385 g/mol. The van der Waals surface area contributed by atoms with Gasteiger partial charge in [0.1, 0.15) is 0 Å². The molecule has 0 radical (unpaired) electrons. The summed E-state index contributed by atoms with van der Waals surface area (Å²) in [7, 11) is 0. The van der Waals surface area contributed by atoms with E-state index in [1.54, 1.807) is 0 Å². The zero-order valence-electron chi connectivity index (χ0n) is 13.6. The molecule has 1 unspecified atom stereocenters. The van der Waals surface area contributed by atoms with Crippen LogP contribution in [0, 0.1) is 0 Å². The van der Waals surface area contributed by atoms with E-state index in [0.717, 1.165) is 38.8 Å². The number of carbonyl (C=O) groups excluding carboxylic acids is 3. The number of imide groups is 1. The predicted molar refractivity (Wildman–Crippen MR) is 84.3 cm³/mol. The second-order valence-electron chi connectivity index (χ2n) is 5.46. The van der Waals surface area contributed by atoms with Crippen molar-refractivity contribution in [3.05, 3.63) is 12.2 Å². The Hall–Kier alpha value is -0.907. The fourth-order valence-corrected chi connectivity index (χ4v) is 2.85. The standard InChI is InChI=1S/C16H26N3O3.Rh/c1-3-14(20)13(17-2)7-4-5-10-18-11-6-12-19-15(21)8-9-16(19)22;/h8-9,13,17-18H,2-7,10-12H2,1H3;. The fourth-order valence-electron chi connectivity index (χ4n) is 2.44. The monoisotopic (exact) mass is 411 g/mol. The Kier molecular flexibility index (Phi) is 10.2. The molecule has 0 fully saturated rings. The van der Waals surface area contributed by atoms with Crippen molar-refractivity contribution in [1.29, 1.82) is 0 Å². The normalized spacial score (nSPS) is 15.5. The van der Waals surface area contributed by atoms with E-state index in [2.05, 4.69) is 28.9 Å². The summed E-state index contributed by atoms with van der Waals surface area (Å²) in [6.07, 6.45) is 6.81. The van der Waals surface area contributed by atoms with Crippen LogP contribution in [0.3, 0.4) is 0 Å². The van der Waals surface area contributed by atoms with Gasteiger partial charge in [-0.15, -0.1) is 0 Å². The number of ketones is 1. The number of rotatable bonds is 13. The number of nitrogens with one attached hydrogen (secondary N) is 2. The molecule has 0 saturated heterocycles. The average Bonchev–Trinajstić information content (AvgIpc) is 2.87. The average molecular weight is 411 g/mol. The first kappa shape index (κ1) is 20.1. The van der Waals surface area contributed by atoms with Crippen LogP contribution in [0.25, 0.3) is 0 Å². The number of amides is 2. The van der Waals surface area contributed by atoms with Gasteiger partial charge in [-0.3, -0.25) is 9.59 Å². The van der Waals surface area contributed by atoms with Gasteiger partial charge in [-0.2, -0.15) is 0 Å². The number of hydrogen-bond donors (Lipinski definition) is 2. The van der Waals surface area contributed by atoms with Crippen molar-refractivity contribution in [2.75, 3.05) is 24.8 Å². The second kappa shape index (κ2) is 11.6. The first-order chi connectivity index (χ1) is 11.1. The number of nitrogens with zero attached hydrogens (tertiary/aromatic N) is 1. The van der Waals surface area contributed by atoms with E-state index in [4.69, 9.17) is 0 Å². The topological polar surface area (TPSA) is 78.5 Å². The Morgan fingerprint density at radius 2 is 1.83 bits per heavy atom. The van der Waals surface area contributed by atoms with Crippen molar-refractivity contribution in [2.24, 2.45) is 0 Å². The van der Waals surface area contributed by atoms with E-state index >= 15 is 0 Å². The van der Waals surface area contributed by atoms with Gasteiger partial charge >= 0.3 is 114 Å². The van der Waals surface area contributed by atoms with Crippen molar-refractivity contribution in [1.82, 2.24) is 15.5 Å². The summed E-state index contributed by atoms with van der Waals surface area (Å²) in [6, 6.07) is -0.0370. The summed E-state index contributed by atoms with van der Waals surface area (Å²) >= 11 is 2.77. The van der Waals surface area contributed by atoms with Gasteiger partial charge in [0.2, 0.25) is 0 Å². The van der Waals surface area contributed by atoms with Gasteiger partial charge in [0, 0.05) is 12.2 Å². The van der Waals surface area contributed by atoms with E-state index in [9.17, 15) is 14.4 Å². The van der Waals surface area contributed by atoms with Crippen LogP contribution in [0.2, 0.25) is 0 Å². The van der Waals surface area contributed by atoms with Gasteiger partial charge in [0.05, 0.1) is 0 Å². The molecule has 6 nitrogen and oxygen atoms in total.